The zero-order valence-corrected chi connectivity index (χ0v) is 21.3. The summed E-state index contributed by atoms with van der Waals surface area (Å²) in [5.41, 5.74) is 4.45. The standard InChI is InChI=1S/C30H28F2N2O5/c1-38-20-30(19-27(35)36,21-39-16-8-13-22-9-4-2-5-10-22)34(29(33)37)28-25(31)17-24(18-26(28)32)15-14-23-11-6-3-7-12-23/h2-13,17-18H,16,19-21H2,1H3,(H2,33,37)(H,35,36). The van der Waals surface area contributed by atoms with Crippen LogP contribution in [0.25, 0.3) is 6.08 Å². The highest BCUT2D eigenvalue weighted by Gasteiger charge is 2.45. The van der Waals surface area contributed by atoms with Crippen molar-refractivity contribution >= 4 is 23.8 Å². The molecule has 3 rings (SSSR count). The minimum atomic E-state index is -1.87. The fourth-order valence-electron chi connectivity index (χ4n) is 4.07. The highest BCUT2D eigenvalue weighted by molar-refractivity contribution is 5.93. The van der Waals surface area contributed by atoms with E-state index in [1.165, 1.54) is 7.11 Å². The molecule has 3 N–H and O–H groups in total. The number of benzene rings is 3. The Hall–Kier alpha value is -4.52. The van der Waals surface area contributed by atoms with Gasteiger partial charge in [-0.2, -0.15) is 0 Å². The number of nitrogens with zero attached hydrogens (tertiary/aromatic N) is 1. The number of carboxylic acid groups (broad SMARTS) is 1. The summed E-state index contributed by atoms with van der Waals surface area (Å²) in [4.78, 5) is 25.1. The van der Waals surface area contributed by atoms with E-state index in [0.29, 0.717) is 10.5 Å². The first-order valence-electron chi connectivity index (χ1n) is 11.9. The Balaban J connectivity index is 1.95. The Labute approximate surface area is 225 Å². The molecule has 0 aliphatic carbocycles. The zero-order valence-electron chi connectivity index (χ0n) is 21.3. The normalized spacial score (nSPS) is 12.4. The van der Waals surface area contributed by atoms with E-state index >= 15 is 8.78 Å². The number of hydrogen-bond donors (Lipinski definition) is 2. The van der Waals surface area contributed by atoms with Gasteiger partial charge < -0.3 is 20.3 Å². The topological polar surface area (TPSA) is 102 Å². The highest BCUT2D eigenvalue weighted by atomic mass is 19.1. The fraction of sp³-hybridized carbons (Fsp3) is 0.200. The molecule has 3 aromatic rings. The van der Waals surface area contributed by atoms with Crippen molar-refractivity contribution in [3.05, 3.63) is 107 Å². The summed E-state index contributed by atoms with van der Waals surface area (Å²) in [7, 11) is 1.26. The Morgan fingerprint density at radius 1 is 0.974 bits per heavy atom. The Morgan fingerprint density at radius 2 is 1.56 bits per heavy atom. The van der Waals surface area contributed by atoms with E-state index in [4.69, 9.17) is 15.2 Å². The lowest BCUT2D eigenvalue weighted by Gasteiger charge is -2.41. The van der Waals surface area contributed by atoms with Crippen LogP contribution in [-0.4, -0.2) is 49.6 Å². The summed E-state index contributed by atoms with van der Waals surface area (Å²) in [5.74, 6) is 1.82. The number of carbonyl (C=O) groups excluding carboxylic acids is 1. The summed E-state index contributed by atoms with van der Waals surface area (Å²) >= 11 is 0. The van der Waals surface area contributed by atoms with Gasteiger partial charge in [0, 0.05) is 18.2 Å². The van der Waals surface area contributed by atoms with Crippen LogP contribution >= 0.6 is 0 Å². The second kappa shape index (κ2) is 13.9. The van der Waals surface area contributed by atoms with E-state index in [0.717, 1.165) is 17.7 Å². The maximum absolute atomic E-state index is 15.4. The number of rotatable bonds is 11. The molecule has 0 radical (unpaired) electrons. The molecule has 3 aromatic carbocycles. The molecule has 1 atom stereocenters. The molecule has 39 heavy (non-hydrogen) atoms. The minimum absolute atomic E-state index is 0.0138. The Morgan fingerprint density at radius 3 is 2.13 bits per heavy atom. The molecule has 1 unspecified atom stereocenters. The van der Waals surface area contributed by atoms with E-state index in [1.807, 2.05) is 36.4 Å². The van der Waals surface area contributed by atoms with Crippen LogP contribution in [0.1, 0.15) is 23.1 Å². The zero-order chi connectivity index (χ0) is 28.3. The summed E-state index contributed by atoms with van der Waals surface area (Å²) in [6.07, 6.45) is 2.71. The van der Waals surface area contributed by atoms with Gasteiger partial charge in [0.1, 0.15) is 11.2 Å². The maximum atomic E-state index is 15.4. The number of methoxy groups -OCH3 is 1. The van der Waals surface area contributed by atoms with Crippen LogP contribution in [-0.2, 0) is 14.3 Å². The largest absolute Gasteiger partial charge is 0.481 e. The van der Waals surface area contributed by atoms with Gasteiger partial charge in [-0.25, -0.2) is 13.6 Å². The second-order valence-corrected chi connectivity index (χ2v) is 8.63. The van der Waals surface area contributed by atoms with Crippen molar-refractivity contribution in [3.63, 3.8) is 0 Å². The molecular weight excluding hydrogens is 506 g/mol. The first-order valence-corrected chi connectivity index (χ1v) is 11.9. The summed E-state index contributed by atoms with van der Waals surface area (Å²) in [6, 6.07) is 18.8. The van der Waals surface area contributed by atoms with E-state index in [9.17, 15) is 14.7 Å². The molecule has 9 heteroatoms. The third-order valence-corrected chi connectivity index (χ3v) is 5.65. The molecule has 0 aliphatic rings. The lowest BCUT2D eigenvalue weighted by Crippen LogP contribution is -2.61. The molecule has 7 nitrogen and oxygen atoms in total. The number of anilines is 1. The molecule has 0 spiro atoms. The smallest absolute Gasteiger partial charge is 0.320 e. The van der Waals surface area contributed by atoms with Crippen molar-refractivity contribution in [2.45, 2.75) is 12.0 Å². The van der Waals surface area contributed by atoms with Gasteiger partial charge in [0.2, 0.25) is 0 Å². The molecule has 2 amide bonds. The predicted molar refractivity (Wildman–Crippen MR) is 144 cm³/mol. The van der Waals surface area contributed by atoms with E-state index in [-0.39, 0.29) is 12.2 Å². The number of primary amides is 1. The number of amides is 2. The van der Waals surface area contributed by atoms with Crippen molar-refractivity contribution in [1.82, 2.24) is 0 Å². The molecule has 0 saturated heterocycles. The van der Waals surface area contributed by atoms with Crippen molar-refractivity contribution < 1.29 is 33.0 Å². The number of halogens is 2. The summed E-state index contributed by atoms with van der Waals surface area (Å²) < 4.78 is 41.6. The Bertz CT molecular complexity index is 1350. The minimum Gasteiger partial charge on any atom is -0.481 e. The lowest BCUT2D eigenvalue weighted by atomic mass is 9.93. The average molecular weight is 535 g/mol. The van der Waals surface area contributed by atoms with Gasteiger partial charge in [0.05, 0.1) is 26.2 Å². The average Bonchev–Trinajstić information content (AvgIpc) is 2.90. The van der Waals surface area contributed by atoms with Gasteiger partial charge in [-0.3, -0.25) is 9.69 Å². The molecule has 202 valence electrons. The number of carbonyl (C=O) groups is 2. The number of ether oxygens (including phenoxy) is 2. The summed E-state index contributed by atoms with van der Waals surface area (Å²) in [6.45, 7) is -0.853. The number of nitrogens with two attached hydrogens (primary N) is 1. The fourth-order valence-corrected chi connectivity index (χ4v) is 4.07. The van der Waals surface area contributed by atoms with Crippen molar-refractivity contribution in [3.8, 4) is 11.8 Å². The molecule has 0 saturated carbocycles. The van der Waals surface area contributed by atoms with Crippen LogP contribution in [0.15, 0.2) is 78.9 Å². The quantitative estimate of drug-likeness (QED) is 0.271. The number of carboxylic acids is 1. The van der Waals surface area contributed by atoms with Gasteiger partial charge in [-0.15, -0.1) is 0 Å². The van der Waals surface area contributed by atoms with Gasteiger partial charge in [-0.05, 0) is 29.8 Å². The lowest BCUT2D eigenvalue weighted by molar-refractivity contribution is -0.139. The number of urea groups is 1. The summed E-state index contributed by atoms with van der Waals surface area (Å²) in [5, 5.41) is 9.66. The van der Waals surface area contributed by atoms with Crippen molar-refractivity contribution in [2.24, 2.45) is 5.73 Å². The van der Waals surface area contributed by atoms with Crippen LogP contribution in [0.3, 0.4) is 0 Å². The van der Waals surface area contributed by atoms with E-state index in [1.54, 1.807) is 36.4 Å². The highest BCUT2D eigenvalue weighted by Crippen LogP contribution is 2.33. The third kappa shape index (κ3) is 7.98. The van der Waals surface area contributed by atoms with Crippen LogP contribution in [0.2, 0.25) is 0 Å². The molecule has 0 fully saturated rings. The molecule has 0 heterocycles. The molecule has 0 aromatic heterocycles. The first kappa shape index (κ1) is 29.0. The van der Waals surface area contributed by atoms with Gasteiger partial charge in [0.25, 0.3) is 0 Å². The number of aliphatic carboxylic acids is 1. The van der Waals surface area contributed by atoms with Crippen LogP contribution < -0.4 is 10.6 Å². The monoisotopic (exact) mass is 534 g/mol. The second-order valence-electron chi connectivity index (χ2n) is 8.63. The first-order chi connectivity index (χ1) is 18.8. The van der Waals surface area contributed by atoms with Crippen molar-refractivity contribution in [2.75, 3.05) is 31.8 Å². The Kier molecular flexibility index (Phi) is 10.3. The molecule has 0 aliphatic heterocycles. The SMILES string of the molecule is COCC(COCC=Cc1ccccc1)(CC(=O)O)N(C(N)=O)c1c(F)cc(C#Cc2ccccc2)cc1F. The van der Waals surface area contributed by atoms with E-state index in [2.05, 4.69) is 11.8 Å². The maximum Gasteiger partial charge on any atom is 0.320 e. The van der Waals surface area contributed by atoms with Gasteiger partial charge >= 0.3 is 12.0 Å². The van der Waals surface area contributed by atoms with Crippen LogP contribution in [0.5, 0.6) is 0 Å². The molecule has 0 bridgehead atoms. The number of hydrogen-bond acceptors (Lipinski definition) is 4. The molecular formula is C30H28F2N2O5. The van der Waals surface area contributed by atoms with Gasteiger partial charge in [0.15, 0.2) is 11.6 Å². The van der Waals surface area contributed by atoms with Crippen LogP contribution in [0.4, 0.5) is 19.3 Å². The predicted octanol–water partition coefficient (Wildman–Crippen LogP) is 4.84. The van der Waals surface area contributed by atoms with E-state index < -0.39 is 54.5 Å². The van der Waals surface area contributed by atoms with Crippen LogP contribution in [0, 0.1) is 23.5 Å². The third-order valence-electron chi connectivity index (χ3n) is 5.65. The van der Waals surface area contributed by atoms with Crippen molar-refractivity contribution in [1.29, 1.82) is 0 Å². The van der Waals surface area contributed by atoms with Gasteiger partial charge in [-0.1, -0.05) is 72.5 Å².